The number of hydrogen-bond acceptors (Lipinski definition) is 4. The molecule has 150 valence electrons. The van der Waals surface area contributed by atoms with Gasteiger partial charge < -0.3 is 20.4 Å². The Kier molecular flexibility index (Phi) is 4.88. The molecule has 8 heteroatoms. The topological polar surface area (TPSA) is 149 Å². The van der Waals surface area contributed by atoms with E-state index in [1.807, 2.05) is 6.07 Å². The lowest BCUT2D eigenvalue weighted by molar-refractivity contribution is -0.173. The summed E-state index contributed by atoms with van der Waals surface area (Å²) in [6.45, 7) is 0. The van der Waals surface area contributed by atoms with Crippen LogP contribution in [0.25, 0.3) is 11.1 Å². The Balaban J connectivity index is 2.20. The van der Waals surface area contributed by atoms with Gasteiger partial charge in [-0.1, -0.05) is 54.6 Å². The van der Waals surface area contributed by atoms with Crippen LogP contribution in [0.2, 0.25) is 0 Å². The van der Waals surface area contributed by atoms with Crippen molar-refractivity contribution in [3.8, 4) is 11.1 Å². The fourth-order valence-corrected chi connectivity index (χ4v) is 4.17. The minimum Gasteiger partial charge on any atom is -0.481 e. The summed E-state index contributed by atoms with van der Waals surface area (Å²) in [5, 5.41) is 38.7. The molecule has 4 N–H and O–H groups in total. The number of carbonyl (C=O) groups is 4. The minimum atomic E-state index is -2.74. The van der Waals surface area contributed by atoms with Gasteiger partial charge in [-0.05, 0) is 29.5 Å². The summed E-state index contributed by atoms with van der Waals surface area (Å²) in [6.07, 6.45) is -1.51. The molecular weight excluding hydrogens is 380 g/mol. The molecule has 2 aromatic carbocycles. The Bertz CT molecular complexity index is 983. The molecule has 0 spiro atoms. The first-order chi connectivity index (χ1) is 13.6. The van der Waals surface area contributed by atoms with Crippen LogP contribution in [0.1, 0.15) is 18.4 Å². The third-order valence-corrected chi connectivity index (χ3v) is 5.72. The van der Waals surface area contributed by atoms with Gasteiger partial charge in [0, 0.05) is 0 Å². The quantitative estimate of drug-likeness (QED) is 0.542. The van der Waals surface area contributed by atoms with Crippen molar-refractivity contribution in [1.82, 2.24) is 0 Å². The molecule has 29 heavy (non-hydrogen) atoms. The summed E-state index contributed by atoms with van der Waals surface area (Å²) in [7, 11) is 0. The molecule has 0 amide bonds. The maximum Gasteiger partial charge on any atom is 0.322 e. The molecule has 2 aromatic rings. The van der Waals surface area contributed by atoms with E-state index in [1.54, 1.807) is 42.5 Å². The van der Waals surface area contributed by atoms with Crippen molar-refractivity contribution >= 4 is 23.9 Å². The van der Waals surface area contributed by atoms with Gasteiger partial charge in [0.1, 0.15) is 0 Å². The third-order valence-electron chi connectivity index (χ3n) is 5.72. The lowest BCUT2D eigenvalue weighted by Crippen LogP contribution is -2.46. The highest BCUT2D eigenvalue weighted by atomic mass is 16.4. The molecule has 2 unspecified atom stereocenters. The van der Waals surface area contributed by atoms with Gasteiger partial charge in [-0.25, -0.2) is 0 Å². The van der Waals surface area contributed by atoms with Crippen LogP contribution in [-0.2, 0) is 24.6 Å². The SMILES string of the molecule is O=C(O)C1CC(C(=O)O)(c2cccc(-c3ccccc3)c2)CC1(C(=O)O)C(=O)O. The van der Waals surface area contributed by atoms with Gasteiger partial charge in [-0.15, -0.1) is 0 Å². The monoisotopic (exact) mass is 398 g/mol. The van der Waals surface area contributed by atoms with E-state index in [-0.39, 0.29) is 5.56 Å². The molecule has 0 saturated heterocycles. The Morgan fingerprint density at radius 2 is 1.34 bits per heavy atom. The van der Waals surface area contributed by atoms with E-state index < -0.39 is 53.5 Å². The zero-order valence-electron chi connectivity index (χ0n) is 15.1. The molecule has 2 atom stereocenters. The highest BCUT2D eigenvalue weighted by Crippen LogP contribution is 2.55. The van der Waals surface area contributed by atoms with E-state index in [9.17, 15) is 39.6 Å². The average molecular weight is 398 g/mol. The van der Waals surface area contributed by atoms with E-state index in [0.29, 0.717) is 5.56 Å². The van der Waals surface area contributed by atoms with E-state index >= 15 is 0 Å². The van der Waals surface area contributed by atoms with Crippen LogP contribution in [0.5, 0.6) is 0 Å². The summed E-state index contributed by atoms with van der Waals surface area (Å²) in [4.78, 5) is 47.8. The summed E-state index contributed by atoms with van der Waals surface area (Å²) in [5.41, 5.74) is -3.11. The first-order valence-corrected chi connectivity index (χ1v) is 8.74. The summed E-state index contributed by atoms with van der Waals surface area (Å²) < 4.78 is 0. The highest BCUT2D eigenvalue weighted by Gasteiger charge is 2.69. The predicted octanol–water partition coefficient (Wildman–Crippen LogP) is 2.33. The molecular formula is C21H18O8. The Morgan fingerprint density at radius 3 is 1.83 bits per heavy atom. The molecule has 1 aliphatic rings. The molecule has 3 rings (SSSR count). The first-order valence-electron chi connectivity index (χ1n) is 8.74. The molecule has 1 aliphatic carbocycles. The van der Waals surface area contributed by atoms with Gasteiger partial charge in [0.15, 0.2) is 5.41 Å². The summed E-state index contributed by atoms with van der Waals surface area (Å²) in [6, 6.07) is 15.3. The maximum atomic E-state index is 12.3. The molecule has 0 radical (unpaired) electrons. The van der Waals surface area contributed by atoms with E-state index in [4.69, 9.17) is 0 Å². The van der Waals surface area contributed by atoms with Gasteiger partial charge in [0.2, 0.25) is 0 Å². The van der Waals surface area contributed by atoms with Crippen molar-refractivity contribution in [3.63, 3.8) is 0 Å². The van der Waals surface area contributed by atoms with Gasteiger partial charge in [-0.3, -0.25) is 19.2 Å². The van der Waals surface area contributed by atoms with Crippen LogP contribution in [0.4, 0.5) is 0 Å². The van der Waals surface area contributed by atoms with Crippen LogP contribution in [0.3, 0.4) is 0 Å². The highest BCUT2D eigenvalue weighted by molar-refractivity contribution is 6.05. The lowest BCUT2D eigenvalue weighted by Gasteiger charge is -2.27. The second kappa shape index (κ2) is 7.05. The molecule has 0 bridgehead atoms. The third kappa shape index (κ3) is 3.02. The molecule has 0 aliphatic heterocycles. The number of rotatable bonds is 6. The number of carboxylic acids is 4. The second-order valence-electron chi connectivity index (χ2n) is 7.19. The van der Waals surface area contributed by atoms with Crippen molar-refractivity contribution < 1.29 is 39.6 Å². The predicted molar refractivity (Wildman–Crippen MR) is 99.3 cm³/mol. The second-order valence-corrected chi connectivity index (χ2v) is 7.19. The Hall–Kier alpha value is -3.68. The van der Waals surface area contributed by atoms with Crippen molar-refractivity contribution in [2.24, 2.45) is 11.3 Å². The summed E-state index contributed by atoms with van der Waals surface area (Å²) in [5.74, 6) is -8.73. The fraction of sp³-hybridized carbons (Fsp3) is 0.238. The van der Waals surface area contributed by atoms with Gasteiger partial charge >= 0.3 is 23.9 Å². The van der Waals surface area contributed by atoms with E-state index in [2.05, 4.69) is 0 Å². The fourth-order valence-electron chi connectivity index (χ4n) is 4.17. The number of aliphatic carboxylic acids is 4. The van der Waals surface area contributed by atoms with Crippen molar-refractivity contribution in [2.45, 2.75) is 18.3 Å². The van der Waals surface area contributed by atoms with Gasteiger partial charge in [0.05, 0.1) is 11.3 Å². The largest absolute Gasteiger partial charge is 0.481 e. The van der Waals surface area contributed by atoms with Gasteiger partial charge in [0.25, 0.3) is 0 Å². The zero-order chi connectivity index (χ0) is 21.4. The van der Waals surface area contributed by atoms with Crippen LogP contribution < -0.4 is 0 Å². The molecule has 1 saturated carbocycles. The Morgan fingerprint density at radius 1 is 0.759 bits per heavy atom. The zero-order valence-corrected chi connectivity index (χ0v) is 15.1. The standard InChI is InChI=1S/C21H18O8/c22-16(23)15-10-20(17(24)25,11-21(15,18(26)27)19(28)29)14-8-4-7-13(9-14)12-5-2-1-3-6-12/h1-9,15H,10-11H2,(H,22,23)(H,24,25)(H,26,27)(H,28,29). The first kappa shape index (κ1) is 20.1. The summed E-state index contributed by atoms with van der Waals surface area (Å²) >= 11 is 0. The molecule has 0 heterocycles. The number of hydrogen-bond donors (Lipinski definition) is 4. The smallest absolute Gasteiger partial charge is 0.322 e. The van der Waals surface area contributed by atoms with Crippen molar-refractivity contribution in [2.75, 3.05) is 0 Å². The number of benzene rings is 2. The lowest BCUT2D eigenvalue weighted by atomic mass is 9.73. The van der Waals surface area contributed by atoms with E-state index in [0.717, 1.165) is 5.56 Å². The normalized spacial score (nSPS) is 22.7. The number of carboxylic acid groups (broad SMARTS) is 4. The Labute approximate surface area is 165 Å². The van der Waals surface area contributed by atoms with Crippen LogP contribution in [0.15, 0.2) is 54.6 Å². The van der Waals surface area contributed by atoms with E-state index in [1.165, 1.54) is 6.07 Å². The van der Waals surface area contributed by atoms with Crippen molar-refractivity contribution in [1.29, 1.82) is 0 Å². The van der Waals surface area contributed by atoms with Crippen LogP contribution in [-0.4, -0.2) is 44.3 Å². The maximum absolute atomic E-state index is 12.3. The molecule has 1 fully saturated rings. The van der Waals surface area contributed by atoms with Crippen molar-refractivity contribution in [3.05, 3.63) is 60.2 Å². The minimum absolute atomic E-state index is 0.168. The average Bonchev–Trinajstić information content (AvgIpc) is 3.08. The van der Waals surface area contributed by atoms with Crippen LogP contribution >= 0.6 is 0 Å². The van der Waals surface area contributed by atoms with Crippen LogP contribution in [0, 0.1) is 11.3 Å². The molecule has 8 nitrogen and oxygen atoms in total. The molecule has 0 aromatic heterocycles. The van der Waals surface area contributed by atoms with Gasteiger partial charge in [-0.2, -0.15) is 0 Å².